The minimum Gasteiger partial charge on any atom is -0.373 e. The van der Waals surface area contributed by atoms with E-state index in [1.54, 1.807) is 0 Å². The molecule has 0 saturated carbocycles. The van der Waals surface area contributed by atoms with E-state index in [9.17, 15) is 0 Å². The number of rotatable bonds is 11. The topological polar surface area (TPSA) is 9.23 Å². The SMILES string of the molecule is CC/C(C)=C/CC/C(C)=C/CC/C(C)=C/COCc1ccccc1. The summed E-state index contributed by atoms with van der Waals surface area (Å²) in [5, 5.41) is 0. The van der Waals surface area contributed by atoms with Gasteiger partial charge in [0.15, 0.2) is 0 Å². The summed E-state index contributed by atoms with van der Waals surface area (Å²) in [7, 11) is 0. The van der Waals surface area contributed by atoms with Gasteiger partial charge in [-0.05, 0) is 58.4 Å². The van der Waals surface area contributed by atoms with Crippen LogP contribution < -0.4 is 0 Å². The fourth-order valence-electron chi connectivity index (χ4n) is 2.39. The maximum atomic E-state index is 5.71. The van der Waals surface area contributed by atoms with E-state index in [1.165, 1.54) is 41.5 Å². The second-order valence-corrected chi connectivity index (χ2v) is 6.58. The van der Waals surface area contributed by atoms with Gasteiger partial charge in [-0.2, -0.15) is 0 Å². The number of ether oxygens (including phenoxy) is 1. The van der Waals surface area contributed by atoms with E-state index in [1.807, 2.05) is 18.2 Å². The Morgan fingerprint density at radius 3 is 2.04 bits per heavy atom. The lowest BCUT2D eigenvalue weighted by Crippen LogP contribution is -1.93. The van der Waals surface area contributed by atoms with Crippen LogP contribution >= 0.6 is 0 Å². The van der Waals surface area contributed by atoms with Gasteiger partial charge in [0.2, 0.25) is 0 Å². The summed E-state index contributed by atoms with van der Waals surface area (Å²) < 4.78 is 5.71. The monoisotopic (exact) mass is 326 g/mol. The van der Waals surface area contributed by atoms with Crippen molar-refractivity contribution >= 4 is 0 Å². The molecular weight excluding hydrogens is 292 g/mol. The van der Waals surface area contributed by atoms with E-state index in [4.69, 9.17) is 4.74 Å². The molecule has 0 heterocycles. The Kier molecular flexibility index (Phi) is 10.9. The molecule has 132 valence electrons. The summed E-state index contributed by atoms with van der Waals surface area (Å²) in [6, 6.07) is 10.3. The smallest absolute Gasteiger partial charge is 0.0721 e. The highest BCUT2D eigenvalue weighted by atomic mass is 16.5. The molecular formula is C23H34O. The molecule has 0 saturated heterocycles. The number of benzene rings is 1. The Morgan fingerprint density at radius 2 is 1.42 bits per heavy atom. The van der Waals surface area contributed by atoms with E-state index < -0.39 is 0 Å². The van der Waals surface area contributed by atoms with E-state index in [-0.39, 0.29) is 0 Å². The molecule has 1 heteroatoms. The number of hydrogen-bond donors (Lipinski definition) is 0. The minimum absolute atomic E-state index is 0.689. The highest BCUT2D eigenvalue weighted by Crippen LogP contribution is 2.12. The van der Waals surface area contributed by atoms with Crippen LogP contribution in [0.5, 0.6) is 0 Å². The van der Waals surface area contributed by atoms with Gasteiger partial charge in [0.1, 0.15) is 0 Å². The van der Waals surface area contributed by atoms with Crippen molar-refractivity contribution in [2.75, 3.05) is 6.61 Å². The van der Waals surface area contributed by atoms with Crippen LogP contribution in [0.2, 0.25) is 0 Å². The van der Waals surface area contributed by atoms with Gasteiger partial charge < -0.3 is 4.74 Å². The van der Waals surface area contributed by atoms with Crippen molar-refractivity contribution in [3.63, 3.8) is 0 Å². The zero-order chi connectivity index (χ0) is 17.6. The molecule has 0 N–H and O–H groups in total. The predicted octanol–water partition coefficient (Wildman–Crippen LogP) is 7.01. The number of allylic oxidation sites excluding steroid dienone is 5. The third kappa shape index (κ3) is 10.2. The zero-order valence-corrected chi connectivity index (χ0v) is 16.0. The molecule has 0 aromatic heterocycles. The van der Waals surface area contributed by atoms with Gasteiger partial charge in [-0.15, -0.1) is 0 Å². The van der Waals surface area contributed by atoms with Crippen LogP contribution in [-0.2, 0) is 11.3 Å². The average Bonchev–Trinajstić information content (AvgIpc) is 2.59. The lowest BCUT2D eigenvalue weighted by Gasteiger charge is -2.04. The van der Waals surface area contributed by atoms with Gasteiger partial charge in [0.05, 0.1) is 13.2 Å². The predicted molar refractivity (Wildman–Crippen MR) is 106 cm³/mol. The highest BCUT2D eigenvalue weighted by Gasteiger charge is 1.94. The van der Waals surface area contributed by atoms with Crippen LogP contribution in [-0.4, -0.2) is 6.61 Å². The van der Waals surface area contributed by atoms with Crippen LogP contribution in [0.1, 0.15) is 65.4 Å². The maximum Gasteiger partial charge on any atom is 0.0721 e. The summed E-state index contributed by atoms with van der Waals surface area (Å²) in [5.74, 6) is 0. The molecule has 0 fully saturated rings. The van der Waals surface area contributed by atoms with Gasteiger partial charge in [-0.3, -0.25) is 0 Å². The van der Waals surface area contributed by atoms with E-state index in [0.29, 0.717) is 13.2 Å². The van der Waals surface area contributed by atoms with Crippen molar-refractivity contribution in [2.24, 2.45) is 0 Å². The number of hydrogen-bond acceptors (Lipinski definition) is 1. The van der Waals surface area contributed by atoms with Gasteiger partial charge in [-0.25, -0.2) is 0 Å². The van der Waals surface area contributed by atoms with Crippen LogP contribution in [0, 0.1) is 0 Å². The Balaban J connectivity index is 2.17. The molecule has 0 aliphatic rings. The molecule has 0 bridgehead atoms. The molecule has 1 nitrogen and oxygen atoms in total. The van der Waals surface area contributed by atoms with Gasteiger partial charge in [0.25, 0.3) is 0 Å². The standard InChI is InChI=1S/C23H34O/c1-5-20(2)11-9-12-21(3)13-10-14-22(4)17-18-24-19-23-15-7-6-8-16-23/h6-8,11,13,15-17H,5,9-10,12,14,18-19H2,1-4H3/b20-11+,21-13+,22-17+. The van der Waals surface area contributed by atoms with Crippen molar-refractivity contribution in [3.05, 3.63) is 70.8 Å². The first kappa shape index (κ1) is 20.4. The summed E-state index contributed by atoms with van der Waals surface area (Å²) in [6.45, 7) is 10.3. The lowest BCUT2D eigenvalue weighted by atomic mass is 10.1. The Labute approximate surface area is 149 Å². The molecule has 0 radical (unpaired) electrons. The van der Waals surface area contributed by atoms with Crippen molar-refractivity contribution in [1.82, 2.24) is 0 Å². The van der Waals surface area contributed by atoms with Gasteiger partial charge in [-0.1, -0.05) is 72.2 Å². The third-order valence-corrected chi connectivity index (χ3v) is 4.28. The first-order chi connectivity index (χ1) is 11.6. The van der Waals surface area contributed by atoms with Crippen LogP contribution in [0.25, 0.3) is 0 Å². The minimum atomic E-state index is 0.689. The molecule has 0 amide bonds. The Hall–Kier alpha value is -1.60. The Morgan fingerprint density at radius 1 is 0.833 bits per heavy atom. The van der Waals surface area contributed by atoms with Crippen molar-refractivity contribution in [2.45, 2.75) is 66.4 Å². The Bertz CT molecular complexity index is 534. The second kappa shape index (κ2) is 12.8. The zero-order valence-electron chi connectivity index (χ0n) is 16.0. The van der Waals surface area contributed by atoms with E-state index >= 15 is 0 Å². The van der Waals surface area contributed by atoms with Crippen LogP contribution in [0.4, 0.5) is 0 Å². The van der Waals surface area contributed by atoms with Crippen molar-refractivity contribution in [1.29, 1.82) is 0 Å². The van der Waals surface area contributed by atoms with Crippen LogP contribution in [0.3, 0.4) is 0 Å². The summed E-state index contributed by atoms with van der Waals surface area (Å²) in [5.41, 5.74) is 5.64. The first-order valence-corrected chi connectivity index (χ1v) is 9.20. The molecule has 0 aliphatic carbocycles. The van der Waals surface area contributed by atoms with Crippen LogP contribution in [0.15, 0.2) is 65.3 Å². The van der Waals surface area contributed by atoms with Crippen molar-refractivity contribution < 1.29 is 4.74 Å². The van der Waals surface area contributed by atoms with Gasteiger partial charge >= 0.3 is 0 Å². The molecule has 1 rings (SSSR count). The molecule has 1 aromatic rings. The largest absolute Gasteiger partial charge is 0.373 e. The molecule has 0 aliphatic heterocycles. The highest BCUT2D eigenvalue weighted by molar-refractivity contribution is 5.13. The lowest BCUT2D eigenvalue weighted by molar-refractivity contribution is 0.148. The fourth-order valence-corrected chi connectivity index (χ4v) is 2.39. The summed E-state index contributed by atoms with van der Waals surface area (Å²) in [4.78, 5) is 0. The third-order valence-electron chi connectivity index (χ3n) is 4.28. The molecule has 1 aromatic carbocycles. The molecule has 0 spiro atoms. The molecule has 0 unspecified atom stereocenters. The average molecular weight is 327 g/mol. The van der Waals surface area contributed by atoms with E-state index in [0.717, 1.165) is 12.8 Å². The molecule has 0 atom stereocenters. The molecule has 24 heavy (non-hydrogen) atoms. The summed E-state index contributed by atoms with van der Waals surface area (Å²) in [6.07, 6.45) is 12.7. The van der Waals surface area contributed by atoms with Crippen molar-refractivity contribution in [3.8, 4) is 0 Å². The first-order valence-electron chi connectivity index (χ1n) is 9.20. The fraction of sp³-hybridized carbons (Fsp3) is 0.478. The maximum absolute atomic E-state index is 5.71. The van der Waals surface area contributed by atoms with E-state index in [2.05, 4.69) is 58.1 Å². The quantitative estimate of drug-likeness (QED) is 0.314. The summed E-state index contributed by atoms with van der Waals surface area (Å²) >= 11 is 0. The normalized spacial score (nSPS) is 13.4. The van der Waals surface area contributed by atoms with Gasteiger partial charge in [0, 0.05) is 0 Å². The second-order valence-electron chi connectivity index (χ2n) is 6.58.